The molecule has 0 heterocycles. The number of carbonyl (C=O) groups excluding carboxylic acids is 1. The van der Waals surface area contributed by atoms with Gasteiger partial charge in [0.05, 0.1) is 10.6 Å². The molecule has 0 aliphatic heterocycles. The lowest BCUT2D eigenvalue weighted by Crippen LogP contribution is -2.45. The Morgan fingerprint density at radius 2 is 1.63 bits per heavy atom. The fraction of sp³-hybridized carbons (Fsp3) is 0.381. The zero-order valence-corrected chi connectivity index (χ0v) is 17.4. The maximum Gasteiger partial charge on any atom is 0.264 e. The highest BCUT2D eigenvalue weighted by molar-refractivity contribution is 7.92. The molecule has 0 aromatic heterocycles. The molecule has 2 aromatic rings. The molecule has 0 radical (unpaired) electrons. The van der Waals surface area contributed by atoms with Gasteiger partial charge in [0.15, 0.2) is 0 Å². The van der Waals surface area contributed by atoms with Gasteiger partial charge >= 0.3 is 0 Å². The van der Waals surface area contributed by atoms with Crippen LogP contribution in [-0.2, 0) is 14.8 Å². The number of nitrogens with one attached hydrogen (secondary N) is 1. The lowest BCUT2D eigenvalue weighted by atomic mass is 10.1. The predicted octanol–water partition coefficient (Wildman–Crippen LogP) is 3.66. The fourth-order valence-electron chi connectivity index (χ4n) is 2.51. The van der Waals surface area contributed by atoms with Crippen LogP contribution in [0, 0.1) is 19.8 Å². The van der Waals surface area contributed by atoms with Crippen molar-refractivity contribution in [3.05, 3.63) is 59.7 Å². The van der Waals surface area contributed by atoms with E-state index in [9.17, 15) is 13.2 Å². The molecule has 2 rings (SSSR count). The van der Waals surface area contributed by atoms with Crippen LogP contribution in [0.4, 0.5) is 5.69 Å². The van der Waals surface area contributed by atoms with Crippen LogP contribution in [0.3, 0.4) is 0 Å². The molecule has 146 valence electrons. The van der Waals surface area contributed by atoms with E-state index in [0.717, 1.165) is 11.1 Å². The Labute approximate surface area is 162 Å². The summed E-state index contributed by atoms with van der Waals surface area (Å²) in [6, 6.07) is 13.5. The van der Waals surface area contributed by atoms with E-state index in [4.69, 9.17) is 0 Å². The molecule has 0 fully saturated rings. The van der Waals surface area contributed by atoms with Crippen molar-refractivity contribution < 1.29 is 13.2 Å². The summed E-state index contributed by atoms with van der Waals surface area (Å²) in [6.07, 6.45) is 0. The second kappa shape index (κ2) is 8.57. The highest BCUT2D eigenvalue weighted by Crippen LogP contribution is 2.25. The zero-order chi connectivity index (χ0) is 20.2. The molecule has 0 unspecified atom stereocenters. The summed E-state index contributed by atoms with van der Waals surface area (Å²) < 4.78 is 27.6. The highest BCUT2D eigenvalue weighted by Gasteiger charge is 2.27. The topological polar surface area (TPSA) is 66.5 Å². The minimum Gasteiger partial charge on any atom is -0.352 e. The molecule has 27 heavy (non-hydrogen) atoms. The quantitative estimate of drug-likeness (QED) is 0.787. The lowest BCUT2D eigenvalue weighted by Gasteiger charge is -2.26. The van der Waals surface area contributed by atoms with Crippen molar-refractivity contribution in [2.24, 2.45) is 5.92 Å². The van der Waals surface area contributed by atoms with E-state index in [2.05, 4.69) is 5.32 Å². The van der Waals surface area contributed by atoms with Gasteiger partial charge in [-0.2, -0.15) is 0 Å². The first-order valence-electron chi connectivity index (χ1n) is 9.07. The van der Waals surface area contributed by atoms with Crippen LogP contribution in [0.25, 0.3) is 0 Å². The van der Waals surface area contributed by atoms with Crippen LogP contribution in [0.1, 0.15) is 31.9 Å². The van der Waals surface area contributed by atoms with Crippen molar-refractivity contribution >= 4 is 21.6 Å². The Hall–Kier alpha value is -2.34. The van der Waals surface area contributed by atoms with E-state index in [1.807, 2.05) is 40.7 Å². The van der Waals surface area contributed by atoms with Gasteiger partial charge in [-0.1, -0.05) is 38.1 Å². The van der Waals surface area contributed by atoms with Crippen molar-refractivity contribution in [1.29, 1.82) is 0 Å². The second-order valence-electron chi connectivity index (χ2n) is 7.19. The molecular formula is C21H28N2O3S. The van der Waals surface area contributed by atoms with E-state index in [1.54, 1.807) is 30.3 Å². The number of amides is 1. The third-order valence-electron chi connectivity index (χ3n) is 4.79. The van der Waals surface area contributed by atoms with E-state index in [1.165, 1.54) is 16.4 Å². The number of aryl methyl sites for hydroxylation is 2. The number of hydrogen-bond acceptors (Lipinski definition) is 3. The SMILES string of the molecule is Cc1ccc(N(CC(=O)N[C@H](C)C(C)C)S(=O)(=O)c2ccccc2)cc1C. The standard InChI is InChI=1S/C21H28N2O3S/c1-15(2)18(5)22-21(24)14-23(19-12-11-16(3)17(4)13-19)27(25,26)20-9-7-6-8-10-20/h6-13,15,18H,14H2,1-5H3,(H,22,24)/t18-/m1/s1. The van der Waals surface area contributed by atoms with E-state index >= 15 is 0 Å². The van der Waals surface area contributed by atoms with Crippen LogP contribution >= 0.6 is 0 Å². The Morgan fingerprint density at radius 3 is 2.19 bits per heavy atom. The molecule has 1 N–H and O–H groups in total. The van der Waals surface area contributed by atoms with E-state index in [0.29, 0.717) is 5.69 Å². The highest BCUT2D eigenvalue weighted by atomic mass is 32.2. The molecule has 0 aliphatic carbocycles. The molecule has 1 atom stereocenters. The van der Waals surface area contributed by atoms with Crippen molar-refractivity contribution in [2.75, 3.05) is 10.8 Å². The number of sulfonamides is 1. The molecule has 0 bridgehead atoms. The molecule has 6 heteroatoms. The van der Waals surface area contributed by atoms with Gasteiger partial charge in [-0.3, -0.25) is 9.10 Å². The Kier molecular flexibility index (Phi) is 6.65. The Morgan fingerprint density at radius 1 is 1.00 bits per heavy atom. The number of hydrogen-bond donors (Lipinski definition) is 1. The molecule has 0 saturated carbocycles. The molecule has 5 nitrogen and oxygen atoms in total. The summed E-state index contributed by atoms with van der Waals surface area (Å²) in [6.45, 7) is 9.55. The minimum absolute atomic E-state index is 0.0430. The molecule has 2 aromatic carbocycles. The minimum atomic E-state index is -3.86. The number of carbonyl (C=O) groups is 1. The lowest BCUT2D eigenvalue weighted by molar-refractivity contribution is -0.120. The van der Waals surface area contributed by atoms with Crippen LogP contribution < -0.4 is 9.62 Å². The number of benzene rings is 2. The van der Waals surface area contributed by atoms with Crippen molar-refractivity contribution in [2.45, 2.75) is 45.6 Å². The molecule has 0 saturated heterocycles. The first-order chi connectivity index (χ1) is 12.6. The molecule has 0 aliphatic rings. The van der Waals surface area contributed by atoms with Gasteiger partial charge in [0, 0.05) is 6.04 Å². The van der Waals surface area contributed by atoms with Gasteiger partial charge < -0.3 is 5.32 Å². The van der Waals surface area contributed by atoms with Crippen molar-refractivity contribution in [1.82, 2.24) is 5.32 Å². The average molecular weight is 389 g/mol. The van der Waals surface area contributed by atoms with Gasteiger partial charge in [0.2, 0.25) is 5.91 Å². The van der Waals surface area contributed by atoms with E-state index in [-0.39, 0.29) is 29.3 Å². The fourth-order valence-corrected chi connectivity index (χ4v) is 3.95. The van der Waals surface area contributed by atoms with Crippen LogP contribution in [0.2, 0.25) is 0 Å². The third kappa shape index (κ3) is 5.10. The van der Waals surface area contributed by atoms with Gasteiger partial charge in [-0.15, -0.1) is 0 Å². The van der Waals surface area contributed by atoms with Gasteiger partial charge in [-0.05, 0) is 62.1 Å². The first-order valence-corrected chi connectivity index (χ1v) is 10.5. The summed E-state index contributed by atoms with van der Waals surface area (Å²) >= 11 is 0. The van der Waals surface area contributed by atoms with Crippen LogP contribution in [-0.4, -0.2) is 26.9 Å². The zero-order valence-electron chi connectivity index (χ0n) is 16.6. The van der Waals surface area contributed by atoms with Gasteiger partial charge in [0.1, 0.15) is 6.54 Å². The number of nitrogens with zero attached hydrogens (tertiary/aromatic N) is 1. The van der Waals surface area contributed by atoms with Crippen molar-refractivity contribution in [3.63, 3.8) is 0 Å². The largest absolute Gasteiger partial charge is 0.352 e. The summed E-state index contributed by atoms with van der Waals surface area (Å²) in [5, 5.41) is 2.88. The van der Waals surface area contributed by atoms with E-state index < -0.39 is 10.0 Å². The summed E-state index contributed by atoms with van der Waals surface area (Å²) in [7, 11) is -3.86. The monoisotopic (exact) mass is 388 g/mol. The predicted molar refractivity (Wildman–Crippen MR) is 109 cm³/mol. The summed E-state index contributed by atoms with van der Waals surface area (Å²) in [5.41, 5.74) is 2.51. The van der Waals surface area contributed by atoms with Crippen molar-refractivity contribution in [3.8, 4) is 0 Å². The van der Waals surface area contributed by atoms with Gasteiger partial charge in [-0.25, -0.2) is 8.42 Å². The Balaban J connectivity index is 2.43. The molecule has 0 spiro atoms. The maximum atomic E-state index is 13.2. The normalized spacial score (nSPS) is 12.7. The van der Waals surface area contributed by atoms with Gasteiger partial charge in [0.25, 0.3) is 10.0 Å². The maximum absolute atomic E-state index is 13.2. The Bertz CT molecular complexity index is 893. The third-order valence-corrected chi connectivity index (χ3v) is 6.57. The smallest absolute Gasteiger partial charge is 0.264 e. The number of rotatable bonds is 7. The average Bonchev–Trinajstić information content (AvgIpc) is 2.62. The summed E-state index contributed by atoms with van der Waals surface area (Å²) in [4.78, 5) is 12.7. The first kappa shape index (κ1) is 21.0. The summed E-state index contributed by atoms with van der Waals surface area (Å²) in [5.74, 6) is -0.0660. The molecular weight excluding hydrogens is 360 g/mol. The molecule has 1 amide bonds. The number of anilines is 1. The van der Waals surface area contributed by atoms with Crippen LogP contribution in [0.15, 0.2) is 53.4 Å². The van der Waals surface area contributed by atoms with Crippen LogP contribution in [0.5, 0.6) is 0 Å². The second-order valence-corrected chi connectivity index (χ2v) is 9.06.